The Kier molecular flexibility index (Phi) is 9.61. The van der Waals surface area contributed by atoms with Crippen LogP contribution in [0.15, 0.2) is 53.3 Å². The fourth-order valence-electron chi connectivity index (χ4n) is 6.46. The second kappa shape index (κ2) is 13.9. The number of rotatable bonds is 7. The molecule has 3 aliphatic rings. The highest BCUT2D eigenvalue weighted by Gasteiger charge is 2.62. The zero-order chi connectivity index (χ0) is 34.8. The number of esters is 1. The molecule has 0 spiro atoms. The molecule has 6 rings (SSSR count). The highest BCUT2D eigenvalue weighted by atomic mass is 19.3. The van der Waals surface area contributed by atoms with Gasteiger partial charge in [0.05, 0.1) is 24.2 Å². The third-order valence-corrected chi connectivity index (χ3v) is 9.09. The summed E-state index contributed by atoms with van der Waals surface area (Å²) in [6, 6.07) is 5.65. The summed E-state index contributed by atoms with van der Waals surface area (Å²) in [5.41, 5.74) is -1.43. The minimum Gasteiger partial charge on any atom is -0.471 e. The van der Waals surface area contributed by atoms with Crippen LogP contribution in [0.4, 0.5) is 8.78 Å². The molecule has 2 aliphatic heterocycles. The van der Waals surface area contributed by atoms with E-state index in [4.69, 9.17) is 14.0 Å². The molecular formula is C34H38F2N6O7. The molecule has 2 N–H and O–H groups in total. The second-order valence-corrected chi connectivity index (χ2v) is 12.7. The maximum absolute atomic E-state index is 14.8. The van der Waals surface area contributed by atoms with Crippen LogP contribution in [0.2, 0.25) is 0 Å². The van der Waals surface area contributed by atoms with Crippen molar-refractivity contribution in [1.29, 1.82) is 0 Å². The van der Waals surface area contributed by atoms with Gasteiger partial charge < -0.3 is 29.5 Å². The van der Waals surface area contributed by atoms with Gasteiger partial charge in [0.1, 0.15) is 30.0 Å². The van der Waals surface area contributed by atoms with E-state index in [1.54, 1.807) is 31.2 Å². The van der Waals surface area contributed by atoms with Crippen LogP contribution in [0.1, 0.15) is 75.0 Å². The number of aromatic nitrogens is 3. The van der Waals surface area contributed by atoms with Gasteiger partial charge >= 0.3 is 5.97 Å². The summed E-state index contributed by atoms with van der Waals surface area (Å²) in [5.74, 6) is -6.55. The summed E-state index contributed by atoms with van der Waals surface area (Å²) in [6.45, 7) is 2.28. The molecule has 3 amide bonds. The molecular weight excluding hydrogens is 642 g/mol. The maximum atomic E-state index is 14.8. The van der Waals surface area contributed by atoms with E-state index in [-0.39, 0.29) is 43.1 Å². The van der Waals surface area contributed by atoms with Crippen molar-refractivity contribution in [2.75, 3.05) is 13.2 Å². The first-order valence-corrected chi connectivity index (χ1v) is 16.5. The molecule has 4 heterocycles. The molecule has 0 bridgehead atoms. The number of para-hydroxylation sites is 2. The third-order valence-electron chi connectivity index (χ3n) is 9.09. The van der Waals surface area contributed by atoms with E-state index in [1.807, 2.05) is 12.2 Å². The molecule has 3 aromatic rings. The van der Waals surface area contributed by atoms with Crippen molar-refractivity contribution in [3.8, 4) is 5.88 Å². The Labute approximate surface area is 280 Å². The number of amides is 3. The molecule has 1 saturated carbocycles. The Hall–Kier alpha value is -4.95. The van der Waals surface area contributed by atoms with Gasteiger partial charge in [-0.15, -0.1) is 0 Å². The summed E-state index contributed by atoms with van der Waals surface area (Å²) >= 11 is 0. The number of ether oxygens (including phenoxy) is 2. The van der Waals surface area contributed by atoms with Crippen LogP contribution in [0.3, 0.4) is 0 Å². The minimum atomic E-state index is -3.42. The Bertz CT molecular complexity index is 1750. The van der Waals surface area contributed by atoms with Gasteiger partial charge in [0.15, 0.2) is 11.4 Å². The van der Waals surface area contributed by atoms with Crippen molar-refractivity contribution in [2.45, 2.75) is 88.4 Å². The van der Waals surface area contributed by atoms with Gasteiger partial charge in [-0.2, -0.15) is 8.78 Å². The van der Waals surface area contributed by atoms with E-state index < -0.39 is 64.9 Å². The van der Waals surface area contributed by atoms with Gasteiger partial charge in [0, 0.05) is 25.3 Å². The lowest BCUT2D eigenvalue weighted by atomic mass is 10.0. The topological polar surface area (TPSA) is 166 Å². The van der Waals surface area contributed by atoms with Crippen LogP contribution in [0.5, 0.6) is 5.88 Å². The number of hydrogen-bond acceptors (Lipinski definition) is 10. The maximum Gasteiger partial charge on any atom is 0.332 e. The standard InChI is InChI=1S/C34H38F2N6O7/c1-3-47-32(46)34-18-20(34)11-7-5-4-6-8-14-25(38-28(43)24-15-16-48-41-24)31(45)42-19-21(17-26(42)29(44)40-34)49-30-27(33(2,35)36)37-22-12-9-10-13-23(22)39-30/h7,9-13,15-16,20-21,25-26H,3-6,8,14,17-19H2,1-2H3,(H,38,43)(H,40,44)/t20-,21-,25+,26+,34-/m1/s1. The van der Waals surface area contributed by atoms with Crippen LogP contribution in [-0.4, -0.2) is 80.6 Å². The summed E-state index contributed by atoms with van der Waals surface area (Å²) in [6.07, 6.45) is 7.52. The largest absolute Gasteiger partial charge is 0.471 e. The first-order chi connectivity index (χ1) is 23.5. The number of fused-ring (bicyclic) bond motifs is 3. The van der Waals surface area contributed by atoms with E-state index in [1.165, 1.54) is 17.2 Å². The zero-order valence-corrected chi connectivity index (χ0v) is 27.2. The molecule has 2 aromatic heterocycles. The van der Waals surface area contributed by atoms with Gasteiger partial charge in [0.2, 0.25) is 17.7 Å². The van der Waals surface area contributed by atoms with Crippen molar-refractivity contribution < 1.29 is 42.0 Å². The van der Waals surface area contributed by atoms with Gasteiger partial charge in [-0.1, -0.05) is 42.3 Å². The monoisotopic (exact) mass is 680 g/mol. The Balaban J connectivity index is 1.33. The highest BCUT2D eigenvalue weighted by Crippen LogP contribution is 2.46. The van der Waals surface area contributed by atoms with Gasteiger partial charge in [-0.3, -0.25) is 14.4 Å². The number of halogens is 2. The Morgan fingerprint density at radius 3 is 2.63 bits per heavy atom. The molecule has 5 atom stereocenters. The van der Waals surface area contributed by atoms with Crippen molar-refractivity contribution in [2.24, 2.45) is 5.92 Å². The minimum absolute atomic E-state index is 0.0233. The predicted molar refractivity (Wildman–Crippen MR) is 169 cm³/mol. The highest BCUT2D eigenvalue weighted by molar-refractivity contribution is 5.98. The first-order valence-electron chi connectivity index (χ1n) is 16.5. The van der Waals surface area contributed by atoms with E-state index in [9.17, 15) is 28.0 Å². The average molecular weight is 681 g/mol. The zero-order valence-electron chi connectivity index (χ0n) is 27.2. The third kappa shape index (κ3) is 7.25. The fraction of sp³-hybridized carbons (Fsp3) is 0.500. The number of hydrogen-bond donors (Lipinski definition) is 2. The lowest BCUT2D eigenvalue weighted by Crippen LogP contribution is -2.56. The van der Waals surface area contributed by atoms with Crippen molar-refractivity contribution in [3.63, 3.8) is 0 Å². The molecule has 13 nitrogen and oxygen atoms in total. The van der Waals surface area contributed by atoms with Crippen LogP contribution in [0.25, 0.3) is 11.0 Å². The number of carbonyl (C=O) groups is 4. The average Bonchev–Trinajstić information content (AvgIpc) is 3.38. The molecule has 15 heteroatoms. The van der Waals surface area contributed by atoms with Gasteiger partial charge in [-0.05, 0) is 44.7 Å². The van der Waals surface area contributed by atoms with Crippen molar-refractivity contribution in [1.82, 2.24) is 30.7 Å². The number of nitrogens with zero attached hydrogens (tertiary/aromatic N) is 4. The van der Waals surface area contributed by atoms with Gasteiger partial charge in [0.25, 0.3) is 11.8 Å². The fourth-order valence-corrected chi connectivity index (χ4v) is 6.46. The van der Waals surface area contributed by atoms with Crippen LogP contribution < -0.4 is 15.4 Å². The van der Waals surface area contributed by atoms with E-state index in [2.05, 4.69) is 25.8 Å². The van der Waals surface area contributed by atoms with Crippen molar-refractivity contribution in [3.05, 3.63) is 60.1 Å². The molecule has 260 valence electrons. The smallest absolute Gasteiger partial charge is 0.332 e. The molecule has 0 unspecified atom stereocenters. The molecule has 49 heavy (non-hydrogen) atoms. The second-order valence-electron chi connectivity index (χ2n) is 12.7. The molecule has 0 radical (unpaired) electrons. The number of benzene rings is 1. The Morgan fingerprint density at radius 2 is 1.92 bits per heavy atom. The molecule has 1 saturated heterocycles. The summed E-state index contributed by atoms with van der Waals surface area (Å²) in [5, 5.41) is 9.25. The number of carbonyl (C=O) groups excluding carboxylic acids is 4. The quantitative estimate of drug-likeness (QED) is 0.277. The number of alkyl halides is 2. The predicted octanol–water partition coefficient (Wildman–Crippen LogP) is 3.83. The van der Waals surface area contributed by atoms with Crippen LogP contribution >= 0.6 is 0 Å². The van der Waals surface area contributed by atoms with Crippen molar-refractivity contribution >= 4 is 34.7 Å². The van der Waals surface area contributed by atoms with E-state index >= 15 is 0 Å². The lowest BCUT2D eigenvalue weighted by molar-refractivity contribution is -0.150. The Morgan fingerprint density at radius 1 is 1.14 bits per heavy atom. The normalized spacial score (nSPS) is 26.2. The summed E-state index contributed by atoms with van der Waals surface area (Å²) in [7, 11) is 0. The SMILES string of the molecule is CCOC(=O)[C@@]12C[C@H]1C=CCCCCC[C@H](NC(=O)c1ccon1)C(=O)N1C[C@H](Oc3nc4ccccc4nc3C(C)(F)F)C[C@H]1C(=O)N2. The molecule has 1 aliphatic carbocycles. The van der Waals surface area contributed by atoms with Crippen LogP contribution in [0, 0.1) is 5.92 Å². The lowest BCUT2D eigenvalue weighted by Gasteiger charge is -2.29. The number of nitrogens with one attached hydrogen (secondary N) is 2. The summed E-state index contributed by atoms with van der Waals surface area (Å²) in [4.78, 5) is 64.3. The van der Waals surface area contributed by atoms with Gasteiger partial charge in [-0.25, -0.2) is 14.8 Å². The molecule has 1 aromatic carbocycles. The first kappa shape index (κ1) is 33.9. The number of allylic oxidation sites excluding steroid dienone is 1. The van der Waals surface area contributed by atoms with Crippen LogP contribution in [-0.2, 0) is 25.0 Å². The summed E-state index contributed by atoms with van der Waals surface area (Å²) < 4.78 is 45.8. The van der Waals surface area contributed by atoms with E-state index in [0.29, 0.717) is 25.3 Å². The van der Waals surface area contributed by atoms with E-state index in [0.717, 1.165) is 19.3 Å². The molecule has 2 fully saturated rings.